The van der Waals surface area contributed by atoms with Crippen LogP contribution in [0.25, 0.3) is 0 Å². The molecule has 1 aromatic rings. The summed E-state index contributed by atoms with van der Waals surface area (Å²) < 4.78 is 10.0. The molecule has 0 aliphatic carbocycles. The van der Waals surface area contributed by atoms with Gasteiger partial charge in [0.15, 0.2) is 6.23 Å². The second-order valence-corrected chi connectivity index (χ2v) is 4.59. The second kappa shape index (κ2) is 6.83. The lowest BCUT2D eigenvalue weighted by Crippen LogP contribution is -2.37. The third-order valence-electron chi connectivity index (χ3n) is 3.13. The molecule has 0 bridgehead atoms. The molecule has 1 aromatic heterocycles. The third kappa shape index (κ3) is 3.25. The Morgan fingerprint density at radius 3 is 2.82 bits per heavy atom. The first-order valence-electron chi connectivity index (χ1n) is 6.63. The smallest absolute Gasteiger partial charge is 0.346 e. The van der Waals surface area contributed by atoms with Crippen LogP contribution in [0.3, 0.4) is 0 Å². The zero-order valence-corrected chi connectivity index (χ0v) is 11.7. The highest BCUT2D eigenvalue weighted by atomic mass is 16.6. The normalized spacial score (nSPS) is 27.6. The van der Waals surface area contributed by atoms with Crippen LogP contribution in [0, 0.1) is 0 Å². The van der Waals surface area contributed by atoms with Gasteiger partial charge < -0.3 is 35.1 Å². The number of anilines is 1. The molecule has 1 saturated heterocycles. The Kier molecular flexibility index (Phi) is 5.08. The van der Waals surface area contributed by atoms with Crippen LogP contribution in [0.15, 0.2) is 11.0 Å². The van der Waals surface area contributed by atoms with Gasteiger partial charge in [0.2, 0.25) is 0 Å². The van der Waals surface area contributed by atoms with E-state index in [2.05, 4.69) is 15.3 Å². The summed E-state index contributed by atoms with van der Waals surface area (Å²) in [6.45, 7) is 1.26. The van der Waals surface area contributed by atoms with Gasteiger partial charge in [-0.1, -0.05) is 0 Å². The monoisotopic (exact) mass is 315 g/mol. The number of H-pyrrole nitrogens is 1. The van der Waals surface area contributed by atoms with Crippen LogP contribution >= 0.6 is 0 Å². The fourth-order valence-electron chi connectivity index (χ4n) is 2.02. The van der Waals surface area contributed by atoms with Crippen LogP contribution in [0.2, 0.25) is 0 Å². The summed E-state index contributed by atoms with van der Waals surface area (Å²) >= 11 is 0. The van der Waals surface area contributed by atoms with E-state index >= 15 is 0 Å². The molecule has 0 unspecified atom stereocenters. The molecule has 5 N–H and O–H groups in total. The molecule has 0 amide bonds. The number of nitrogens with zero attached hydrogens (tertiary/aromatic N) is 1. The maximum absolute atomic E-state index is 11.8. The Bertz CT molecular complexity index is 590. The maximum Gasteiger partial charge on any atom is 0.346 e. The van der Waals surface area contributed by atoms with E-state index < -0.39 is 42.8 Å². The zero-order valence-electron chi connectivity index (χ0n) is 11.7. The Balaban J connectivity index is 2.24. The number of rotatable bonds is 5. The van der Waals surface area contributed by atoms with E-state index in [9.17, 15) is 19.8 Å². The highest BCUT2D eigenvalue weighted by Crippen LogP contribution is 2.23. The lowest BCUT2D eigenvalue weighted by molar-refractivity contribution is -0.0154. The number of aromatic amines is 1. The number of hydrogen-bond donors (Lipinski definition) is 5. The van der Waals surface area contributed by atoms with Crippen molar-refractivity contribution in [2.45, 2.75) is 31.5 Å². The molecule has 10 heteroatoms. The molecule has 1 aliphatic rings. The van der Waals surface area contributed by atoms with E-state index in [1.807, 2.05) is 0 Å². The van der Waals surface area contributed by atoms with Gasteiger partial charge in [-0.2, -0.15) is 4.98 Å². The van der Waals surface area contributed by atoms with Crippen molar-refractivity contribution in [3.8, 4) is 0 Å². The van der Waals surface area contributed by atoms with Crippen molar-refractivity contribution < 1.29 is 29.6 Å². The minimum Gasteiger partial charge on any atom is -0.462 e. The van der Waals surface area contributed by atoms with Gasteiger partial charge >= 0.3 is 11.7 Å². The molecule has 1 fully saturated rings. The van der Waals surface area contributed by atoms with Crippen LogP contribution < -0.4 is 11.0 Å². The predicted octanol–water partition coefficient (Wildman–Crippen LogP) is -2.20. The summed E-state index contributed by atoms with van der Waals surface area (Å²) in [5, 5.41) is 31.1. The fraction of sp³-hybridized carbons (Fsp3) is 0.583. The number of carbonyl (C=O) groups excluding carboxylic acids is 1. The highest BCUT2D eigenvalue weighted by Gasteiger charge is 2.42. The highest BCUT2D eigenvalue weighted by molar-refractivity contribution is 5.94. The first-order valence-corrected chi connectivity index (χ1v) is 6.63. The minimum absolute atomic E-state index is 0.0563. The number of aliphatic hydroxyl groups is 3. The van der Waals surface area contributed by atoms with Crippen molar-refractivity contribution >= 4 is 11.8 Å². The van der Waals surface area contributed by atoms with E-state index in [1.54, 1.807) is 6.92 Å². The van der Waals surface area contributed by atoms with Crippen molar-refractivity contribution in [3.63, 3.8) is 0 Å². The fourth-order valence-corrected chi connectivity index (χ4v) is 2.02. The number of aliphatic hydroxyl groups excluding tert-OH is 3. The third-order valence-corrected chi connectivity index (χ3v) is 3.13. The molecule has 2 rings (SSSR count). The zero-order chi connectivity index (χ0) is 16.3. The van der Waals surface area contributed by atoms with Crippen molar-refractivity contribution in [2.24, 2.45) is 0 Å². The van der Waals surface area contributed by atoms with Gasteiger partial charge in [-0.3, -0.25) is 0 Å². The summed E-state index contributed by atoms with van der Waals surface area (Å²) in [5.41, 5.74) is -0.776. The average Bonchev–Trinajstić information content (AvgIpc) is 2.75. The summed E-state index contributed by atoms with van der Waals surface area (Å²) in [4.78, 5) is 28.9. The molecular weight excluding hydrogens is 298 g/mol. The SMILES string of the molecule is CCOC(=O)c1c[nH]c(=O)nc1N[C@@H]1O[C@H](CO)[C@H](O)[C@H]1O. The summed E-state index contributed by atoms with van der Waals surface area (Å²) in [6.07, 6.45) is -3.68. The van der Waals surface area contributed by atoms with Crippen molar-refractivity contribution in [3.05, 3.63) is 22.2 Å². The van der Waals surface area contributed by atoms with E-state index in [0.29, 0.717) is 0 Å². The van der Waals surface area contributed by atoms with Crippen LogP contribution in [0.5, 0.6) is 0 Å². The molecule has 10 nitrogen and oxygen atoms in total. The molecule has 122 valence electrons. The maximum atomic E-state index is 11.8. The number of carbonyl (C=O) groups is 1. The van der Waals surface area contributed by atoms with E-state index in [4.69, 9.17) is 14.6 Å². The molecular formula is C12H17N3O7. The van der Waals surface area contributed by atoms with Gasteiger partial charge in [0.05, 0.1) is 13.2 Å². The largest absolute Gasteiger partial charge is 0.462 e. The summed E-state index contributed by atoms with van der Waals surface area (Å²) in [7, 11) is 0. The molecule has 4 atom stereocenters. The first-order chi connectivity index (χ1) is 10.5. The summed E-state index contributed by atoms with van der Waals surface area (Å²) in [6, 6.07) is 0. The van der Waals surface area contributed by atoms with Gasteiger partial charge in [0.1, 0.15) is 29.7 Å². The van der Waals surface area contributed by atoms with E-state index in [1.165, 1.54) is 0 Å². The lowest BCUT2D eigenvalue weighted by Gasteiger charge is -2.18. The van der Waals surface area contributed by atoms with Gasteiger partial charge in [-0.05, 0) is 6.92 Å². The van der Waals surface area contributed by atoms with Crippen molar-refractivity contribution in [1.29, 1.82) is 0 Å². The molecule has 1 aliphatic heterocycles. The molecule has 22 heavy (non-hydrogen) atoms. The van der Waals surface area contributed by atoms with Gasteiger partial charge in [-0.25, -0.2) is 9.59 Å². The number of aromatic nitrogens is 2. The van der Waals surface area contributed by atoms with Crippen LogP contribution in [-0.4, -0.2) is 69.0 Å². The Hall–Kier alpha value is -2.01. The number of ether oxygens (including phenoxy) is 2. The molecule has 0 spiro atoms. The van der Waals surface area contributed by atoms with Crippen LogP contribution in [0.1, 0.15) is 17.3 Å². The first kappa shape index (κ1) is 16.4. The molecule has 2 heterocycles. The van der Waals surface area contributed by atoms with Crippen molar-refractivity contribution in [2.75, 3.05) is 18.5 Å². The quantitative estimate of drug-likeness (QED) is 0.381. The summed E-state index contributed by atoms with van der Waals surface area (Å²) in [5.74, 6) is -0.877. The van der Waals surface area contributed by atoms with E-state index in [0.717, 1.165) is 6.20 Å². The van der Waals surface area contributed by atoms with Gasteiger partial charge in [-0.15, -0.1) is 0 Å². The lowest BCUT2D eigenvalue weighted by atomic mass is 10.1. The molecule has 0 aromatic carbocycles. The second-order valence-electron chi connectivity index (χ2n) is 4.59. The van der Waals surface area contributed by atoms with Gasteiger partial charge in [0, 0.05) is 6.20 Å². The molecule has 0 saturated carbocycles. The predicted molar refractivity (Wildman–Crippen MR) is 72.2 cm³/mol. The minimum atomic E-state index is -1.37. The number of hydrogen-bond acceptors (Lipinski definition) is 9. The topological polar surface area (TPSA) is 154 Å². The Labute approximate surface area is 124 Å². The van der Waals surface area contributed by atoms with Gasteiger partial charge in [0.25, 0.3) is 0 Å². The standard InChI is InChI=1S/C12H17N3O7/c1-2-21-11(19)5-3-13-12(20)15-9(5)14-10-8(18)7(17)6(4-16)22-10/h3,6-8,10,16-18H,2,4H2,1H3,(H2,13,14,15,20)/t6-,7+,8-,10-/m1/s1. The van der Waals surface area contributed by atoms with Crippen LogP contribution in [-0.2, 0) is 9.47 Å². The Morgan fingerprint density at radius 2 is 2.23 bits per heavy atom. The molecule has 0 radical (unpaired) electrons. The Morgan fingerprint density at radius 1 is 1.50 bits per heavy atom. The number of nitrogens with one attached hydrogen (secondary N) is 2. The average molecular weight is 315 g/mol. The van der Waals surface area contributed by atoms with E-state index in [-0.39, 0.29) is 18.0 Å². The number of esters is 1. The van der Waals surface area contributed by atoms with Crippen molar-refractivity contribution in [1.82, 2.24) is 9.97 Å². The van der Waals surface area contributed by atoms with Crippen LogP contribution in [0.4, 0.5) is 5.82 Å².